The lowest BCUT2D eigenvalue weighted by Gasteiger charge is -2.35. The molecule has 0 aliphatic carbocycles. The number of anilines is 1. The van der Waals surface area contributed by atoms with Gasteiger partial charge in [-0.25, -0.2) is 0 Å². The van der Waals surface area contributed by atoms with Crippen LogP contribution >= 0.6 is 0 Å². The van der Waals surface area contributed by atoms with Crippen LogP contribution in [-0.4, -0.2) is 69.9 Å². The van der Waals surface area contributed by atoms with Gasteiger partial charge in [0.15, 0.2) is 5.96 Å². The fraction of sp³-hybridized carbons (Fsp3) is 0.632. The van der Waals surface area contributed by atoms with Crippen molar-refractivity contribution in [2.45, 2.75) is 32.0 Å². The fourth-order valence-electron chi connectivity index (χ4n) is 3.22. The summed E-state index contributed by atoms with van der Waals surface area (Å²) in [6, 6.07) is 8.76. The molecule has 0 aromatic heterocycles. The van der Waals surface area contributed by atoms with Gasteiger partial charge in [0.05, 0.1) is 6.54 Å². The van der Waals surface area contributed by atoms with Gasteiger partial charge in [-0.2, -0.15) is 13.2 Å². The molecule has 1 fully saturated rings. The molecule has 152 valence electrons. The van der Waals surface area contributed by atoms with Crippen molar-refractivity contribution in [2.24, 2.45) is 4.99 Å². The zero-order valence-corrected chi connectivity index (χ0v) is 16.3. The Morgan fingerprint density at radius 2 is 2.00 bits per heavy atom. The number of aliphatic imine (C=N–C) groups is 1. The van der Waals surface area contributed by atoms with E-state index in [9.17, 15) is 13.2 Å². The summed E-state index contributed by atoms with van der Waals surface area (Å²) in [5.74, 6) is 0.631. The number of nitrogens with zero attached hydrogens (tertiary/aromatic N) is 3. The van der Waals surface area contributed by atoms with Gasteiger partial charge in [0.2, 0.25) is 0 Å². The topological polar surface area (TPSA) is 42.9 Å². The average Bonchev–Trinajstić information content (AvgIpc) is 2.60. The molecule has 0 radical (unpaired) electrons. The Hall–Kier alpha value is -1.96. The molecule has 1 aromatic carbocycles. The molecule has 1 saturated heterocycles. The monoisotopic (exact) mass is 385 g/mol. The molecule has 1 aliphatic heterocycles. The van der Waals surface area contributed by atoms with E-state index in [-0.39, 0.29) is 6.04 Å². The first-order valence-corrected chi connectivity index (χ1v) is 9.31. The number of piperidine rings is 1. The quantitative estimate of drug-likeness (QED) is 0.584. The standard InChI is InChI=1S/C19H30F3N5/c1-15-6-8-17(9-7-15)27-11-4-5-16(13-27)25-18(23-2)24-10-12-26(3)14-19(20,21)22/h6-9,16H,4-5,10-14H2,1-3H3,(H2,23,24,25). The third-order valence-electron chi connectivity index (χ3n) is 4.62. The number of guanidine groups is 1. The Labute approximate surface area is 159 Å². The molecule has 1 unspecified atom stereocenters. The highest BCUT2D eigenvalue weighted by Crippen LogP contribution is 2.20. The second kappa shape index (κ2) is 9.82. The Balaban J connectivity index is 1.79. The highest BCUT2D eigenvalue weighted by molar-refractivity contribution is 5.80. The maximum Gasteiger partial charge on any atom is 0.401 e. The van der Waals surface area contributed by atoms with Gasteiger partial charge in [0, 0.05) is 45.0 Å². The van der Waals surface area contributed by atoms with Gasteiger partial charge in [-0.1, -0.05) is 17.7 Å². The van der Waals surface area contributed by atoms with Crippen molar-refractivity contribution in [1.29, 1.82) is 0 Å². The molecule has 1 atom stereocenters. The molecule has 1 heterocycles. The molecular weight excluding hydrogens is 355 g/mol. The van der Waals surface area contributed by atoms with Gasteiger partial charge in [-0.05, 0) is 38.9 Å². The van der Waals surface area contributed by atoms with E-state index in [0.717, 1.165) is 25.9 Å². The zero-order valence-electron chi connectivity index (χ0n) is 16.3. The van der Waals surface area contributed by atoms with E-state index in [4.69, 9.17) is 0 Å². The third-order valence-corrected chi connectivity index (χ3v) is 4.62. The minimum absolute atomic E-state index is 0.249. The number of halogens is 3. The summed E-state index contributed by atoms with van der Waals surface area (Å²) in [4.78, 5) is 7.80. The van der Waals surface area contributed by atoms with E-state index < -0.39 is 12.7 Å². The molecule has 2 N–H and O–H groups in total. The van der Waals surface area contributed by atoms with E-state index in [2.05, 4.69) is 51.7 Å². The molecule has 27 heavy (non-hydrogen) atoms. The number of nitrogens with one attached hydrogen (secondary N) is 2. The Morgan fingerprint density at radius 3 is 2.63 bits per heavy atom. The lowest BCUT2D eigenvalue weighted by Crippen LogP contribution is -2.52. The number of benzene rings is 1. The second-order valence-corrected chi connectivity index (χ2v) is 7.12. The van der Waals surface area contributed by atoms with Crippen LogP contribution in [0.4, 0.5) is 18.9 Å². The van der Waals surface area contributed by atoms with Crippen molar-refractivity contribution >= 4 is 11.6 Å². The van der Waals surface area contributed by atoms with Crippen LogP contribution in [-0.2, 0) is 0 Å². The first kappa shape index (κ1) is 21.3. The van der Waals surface area contributed by atoms with Crippen LogP contribution in [0.2, 0.25) is 0 Å². The molecular formula is C19H30F3N5. The van der Waals surface area contributed by atoms with Gasteiger partial charge >= 0.3 is 6.18 Å². The number of hydrogen-bond acceptors (Lipinski definition) is 3. The summed E-state index contributed by atoms with van der Waals surface area (Å²) in [6.45, 7) is 3.76. The lowest BCUT2D eigenvalue weighted by molar-refractivity contribution is -0.142. The first-order chi connectivity index (χ1) is 12.8. The number of rotatable bonds is 6. The molecule has 8 heteroatoms. The van der Waals surface area contributed by atoms with Gasteiger partial charge in [0.25, 0.3) is 0 Å². The van der Waals surface area contributed by atoms with Gasteiger partial charge < -0.3 is 15.5 Å². The van der Waals surface area contributed by atoms with E-state index >= 15 is 0 Å². The highest BCUT2D eigenvalue weighted by Gasteiger charge is 2.28. The largest absolute Gasteiger partial charge is 0.401 e. The van der Waals surface area contributed by atoms with Crippen molar-refractivity contribution in [1.82, 2.24) is 15.5 Å². The van der Waals surface area contributed by atoms with Crippen LogP contribution in [0.1, 0.15) is 18.4 Å². The van der Waals surface area contributed by atoms with Crippen LogP contribution in [0.25, 0.3) is 0 Å². The SMILES string of the molecule is CN=C(NCCN(C)CC(F)(F)F)NC1CCCN(c2ccc(C)cc2)C1. The van der Waals surface area contributed by atoms with Crippen LogP contribution in [0.5, 0.6) is 0 Å². The van der Waals surface area contributed by atoms with Crippen LogP contribution in [0, 0.1) is 6.92 Å². The summed E-state index contributed by atoms with van der Waals surface area (Å²) in [5, 5.41) is 6.50. The van der Waals surface area contributed by atoms with Crippen molar-refractivity contribution in [3.63, 3.8) is 0 Å². The Morgan fingerprint density at radius 1 is 1.30 bits per heavy atom. The number of aryl methyl sites for hydroxylation is 1. The number of hydrogen-bond donors (Lipinski definition) is 2. The third kappa shape index (κ3) is 7.66. The Kier molecular flexibility index (Phi) is 7.77. The van der Waals surface area contributed by atoms with Crippen molar-refractivity contribution in [2.75, 3.05) is 51.7 Å². The van der Waals surface area contributed by atoms with Crippen molar-refractivity contribution in [3.05, 3.63) is 29.8 Å². The summed E-state index contributed by atoms with van der Waals surface area (Å²) in [6.07, 6.45) is -2.05. The van der Waals surface area contributed by atoms with Crippen LogP contribution in [0.15, 0.2) is 29.3 Å². The average molecular weight is 385 g/mol. The molecule has 5 nitrogen and oxygen atoms in total. The van der Waals surface area contributed by atoms with Gasteiger partial charge in [-0.3, -0.25) is 9.89 Å². The number of likely N-dealkylation sites (N-methyl/N-ethyl adjacent to an activating group) is 1. The fourth-order valence-corrected chi connectivity index (χ4v) is 3.22. The summed E-state index contributed by atoms with van der Waals surface area (Å²) in [7, 11) is 3.14. The summed E-state index contributed by atoms with van der Waals surface area (Å²) >= 11 is 0. The predicted molar refractivity (Wildman–Crippen MR) is 104 cm³/mol. The maximum atomic E-state index is 12.4. The minimum Gasteiger partial charge on any atom is -0.369 e. The van der Waals surface area contributed by atoms with E-state index in [1.165, 1.54) is 23.2 Å². The van der Waals surface area contributed by atoms with Gasteiger partial charge in [0.1, 0.15) is 0 Å². The van der Waals surface area contributed by atoms with Crippen LogP contribution < -0.4 is 15.5 Å². The molecule has 2 rings (SSSR count). The van der Waals surface area contributed by atoms with Crippen LogP contribution in [0.3, 0.4) is 0 Å². The van der Waals surface area contributed by atoms with Crippen molar-refractivity contribution < 1.29 is 13.2 Å². The van der Waals surface area contributed by atoms with Gasteiger partial charge in [-0.15, -0.1) is 0 Å². The molecule has 1 aromatic rings. The van der Waals surface area contributed by atoms with E-state index in [1.807, 2.05) is 0 Å². The second-order valence-electron chi connectivity index (χ2n) is 7.12. The highest BCUT2D eigenvalue weighted by atomic mass is 19.4. The number of alkyl halides is 3. The van der Waals surface area contributed by atoms with Crippen molar-refractivity contribution in [3.8, 4) is 0 Å². The van der Waals surface area contributed by atoms with E-state index in [1.54, 1.807) is 7.05 Å². The van der Waals surface area contributed by atoms with E-state index in [0.29, 0.717) is 19.0 Å². The lowest BCUT2D eigenvalue weighted by atomic mass is 10.0. The molecule has 0 bridgehead atoms. The smallest absolute Gasteiger partial charge is 0.369 e. The summed E-state index contributed by atoms with van der Waals surface area (Å²) < 4.78 is 37.1. The normalized spacial score (nSPS) is 18.7. The first-order valence-electron chi connectivity index (χ1n) is 9.31. The zero-order chi connectivity index (χ0) is 19.9. The molecule has 1 aliphatic rings. The summed E-state index contributed by atoms with van der Waals surface area (Å²) in [5.41, 5.74) is 2.45. The molecule has 0 saturated carbocycles. The minimum atomic E-state index is -4.17. The molecule has 0 amide bonds. The Bertz CT molecular complexity index is 600. The maximum absolute atomic E-state index is 12.4. The predicted octanol–water partition coefficient (Wildman–Crippen LogP) is 2.62. The molecule has 0 spiro atoms.